The first-order valence-electron chi connectivity index (χ1n) is 5.88. The van der Waals surface area contributed by atoms with Gasteiger partial charge < -0.3 is 5.73 Å². The Bertz CT molecular complexity index is 547. The smallest absolute Gasteiger partial charge is 0.192 e. The Morgan fingerprint density at radius 3 is 2.28 bits per heavy atom. The van der Waals surface area contributed by atoms with Crippen molar-refractivity contribution in [1.29, 1.82) is 0 Å². The zero-order valence-corrected chi connectivity index (χ0v) is 11.7. The Labute approximate surface area is 112 Å². The first-order valence-corrected chi connectivity index (χ1v) is 6.70. The minimum Gasteiger partial charge on any atom is -0.326 e. The van der Waals surface area contributed by atoms with Crippen molar-refractivity contribution in [2.45, 2.75) is 37.4 Å². The highest BCUT2D eigenvalue weighted by Gasteiger charge is 2.04. The predicted molar refractivity (Wildman–Crippen MR) is 74.7 cm³/mol. The third-order valence-electron chi connectivity index (χ3n) is 2.70. The van der Waals surface area contributed by atoms with Crippen molar-refractivity contribution < 1.29 is 0 Å². The molecular weight excluding hydrogens is 242 g/mol. The maximum absolute atomic E-state index is 5.66. The van der Waals surface area contributed by atoms with E-state index in [9.17, 15) is 0 Å². The van der Waals surface area contributed by atoms with Crippen molar-refractivity contribution in [3.05, 3.63) is 46.8 Å². The molecule has 18 heavy (non-hydrogen) atoms. The summed E-state index contributed by atoms with van der Waals surface area (Å²) in [5.74, 6) is 0. The highest BCUT2D eigenvalue weighted by molar-refractivity contribution is 7.99. The lowest BCUT2D eigenvalue weighted by atomic mass is 10.1. The highest BCUT2D eigenvalue weighted by Crippen LogP contribution is 2.26. The molecule has 94 valence electrons. The van der Waals surface area contributed by atoms with Gasteiger partial charge in [0.2, 0.25) is 0 Å². The number of rotatable bonds is 3. The summed E-state index contributed by atoms with van der Waals surface area (Å²) in [6.45, 7) is 6.63. The van der Waals surface area contributed by atoms with Gasteiger partial charge in [-0.3, -0.25) is 0 Å². The van der Waals surface area contributed by atoms with Gasteiger partial charge in [0.25, 0.3) is 0 Å². The second kappa shape index (κ2) is 5.50. The number of nitrogens with zero attached hydrogens (tertiary/aromatic N) is 2. The number of benzene rings is 1. The van der Waals surface area contributed by atoms with Crippen LogP contribution in [0.15, 0.2) is 34.3 Å². The summed E-state index contributed by atoms with van der Waals surface area (Å²) in [6.07, 6.45) is 0. The summed E-state index contributed by atoms with van der Waals surface area (Å²) in [7, 11) is 0. The second-order valence-corrected chi connectivity index (χ2v) is 5.37. The number of nitrogens with two attached hydrogens (primary N) is 1. The molecule has 1 aromatic heterocycles. The summed E-state index contributed by atoms with van der Waals surface area (Å²) in [6, 6.07) is 8.25. The Balaban J connectivity index is 2.25. The predicted octanol–water partition coefficient (Wildman–Crippen LogP) is 3.01. The fraction of sp³-hybridized carbons (Fsp3) is 0.286. The van der Waals surface area contributed by atoms with Crippen molar-refractivity contribution in [1.82, 2.24) is 9.97 Å². The third-order valence-corrected chi connectivity index (χ3v) is 3.56. The largest absolute Gasteiger partial charge is 0.326 e. The summed E-state index contributed by atoms with van der Waals surface area (Å²) in [5.41, 5.74) is 10.1. The molecule has 0 radical (unpaired) electrons. The molecule has 3 nitrogen and oxygen atoms in total. The molecule has 2 aromatic rings. The molecule has 0 spiro atoms. The van der Waals surface area contributed by atoms with E-state index in [2.05, 4.69) is 35.1 Å². The van der Waals surface area contributed by atoms with Crippen LogP contribution >= 0.6 is 11.8 Å². The first-order chi connectivity index (χ1) is 8.58. The lowest BCUT2D eigenvalue weighted by molar-refractivity contribution is 0.902. The maximum atomic E-state index is 5.66. The fourth-order valence-electron chi connectivity index (χ4n) is 1.81. The van der Waals surface area contributed by atoms with Gasteiger partial charge in [0.05, 0.1) is 0 Å². The van der Waals surface area contributed by atoms with Crippen LogP contribution in [0.25, 0.3) is 0 Å². The molecule has 2 rings (SSSR count). The van der Waals surface area contributed by atoms with Gasteiger partial charge in [-0.1, -0.05) is 6.07 Å². The van der Waals surface area contributed by atoms with Crippen LogP contribution < -0.4 is 5.73 Å². The van der Waals surface area contributed by atoms with Crippen LogP contribution in [0.3, 0.4) is 0 Å². The number of hydrogen-bond acceptors (Lipinski definition) is 4. The van der Waals surface area contributed by atoms with E-state index in [1.807, 2.05) is 19.9 Å². The minimum absolute atomic E-state index is 0.580. The zero-order chi connectivity index (χ0) is 13.1. The quantitative estimate of drug-likeness (QED) is 0.861. The van der Waals surface area contributed by atoms with Gasteiger partial charge in [0, 0.05) is 22.8 Å². The molecule has 0 bridgehead atoms. The normalized spacial score (nSPS) is 10.7. The van der Waals surface area contributed by atoms with E-state index in [0.29, 0.717) is 6.54 Å². The van der Waals surface area contributed by atoms with Gasteiger partial charge >= 0.3 is 0 Å². The molecule has 0 unspecified atom stereocenters. The van der Waals surface area contributed by atoms with E-state index in [0.717, 1.165) is 21.4 Å². The van der Waals surface area contributed by atoms with Gasteiger partial charge in [0.15, 0.2) is 5.16 Å². The Morgan fingerprint density at radius 1 is 1.06 bits per heavy atom. The molecule has 1 aromatic carbocycles. The topological polar surface area (TPSA) is 51.8 Å². The second-order valence-electron chi connectivity index (χ2n) is 4.33. The van der Waals surface area contributed by atoms with E-state index in [4.69, 9.17) is 5.73 Å². The molecule has 0 amide bonds. The Kier molecular flexibility index (Phi) is 3.99. The lowest BCUT2D eigenvalue weighted by Crippen LogP contribution is -1.98. The number of aromatic nitrogens is 2. The molecule has 4 heteroatoms. The van der Waals surface area contributed by atoms with Crippen LogP contribution in [0.1, 0.15) is 22.5 Å². The van der Waals surface area contributed by atoms with Crippen molar-refractivity contribution in [3.8, 4) is 0 Å². The minimum atomic E-state index is 0.580. The monoisotopic (exact) mass is 259 g/mol. The Hall–Kier alpha value is -1.39. The standard InChI is InChI=1S/C14H17N3S/c1-9-6-13(5-4-12(9)8-15)18-14-16-10(2)7-11(3)17-14/h4-7H,8,15H2,1-3H3. The molecule has 2 N–H and O–H groups in total. The van der Waals surface area contributed by atoms with E-state index >= 15 is 0 Å². The van der Waals surface area contributed by atoms with Gasteiger partial charge in [-0.2, -0.15) is 0 Å². The van der Waals surface area contributed by atoms with Gasteiger partial charge in [-0.25, -0.2) is 9.97 Å². The molecule has 0 aliphatic rings. The molecule has 0 aliphatic carbocycles. The van der Waals surface area contributed by atoms with Crippen LogP contribution in [-0.4, -0.2) is 9.97 Å². The zero-order valence-electron chi connectivity index (χ0n) is 10.9. The Morgan fingerprint density at radius 2 is 1.72 bits per heavy atom. The fourth-order valence-corrected chi connectivity index (χ4v) is 2.77. The van der Waals surface area contributed by atoms with E-state index in [-0.39, 0.29) is 0 Å². The van der Waals surface area contributed by atoms with Gasteiger partial charge in [-0.05, 0) is 61.9 Å². The third kappa shape index (κ3) is 3.09. The summed E-state index contributed by atoms with van der Waals surface area (Å²) >= 11 is 1.59. The molecule has 0 saturated heterocycles. The van der Waals surface area contributed by atoms with Gasteiger partial charge in [-0.15, -0.1) is 0 Å². The van der Waals surface area contributed by atoms with Crippen LogP contribution in [0, 0.1) is 20.8 Å². The maximum Gasteiger partial charge on any atom is 0.192 e. The summed E-state index contributed by atoms with van der Waals surface area (Å²) in [5, 5.41) is 0.799. The van der Waals surface area contributed by atoms with Crippen molar-refractivity contribution in [2.24, 2.45) is 5.73 Å². The van der Waals surface area contributed by atoms with Crippen LogP contribution in [0.2, 0.25) is 0 Å². The van der Waals surface area contributed by atoms with Crippen molar-refractivity contribution in [2.75, 3.05) is 0 Å². The van der Waals surface area contributed by atoms with E-state index in [1.165, 1.54) is 11.1 Å². The van der Waals surface area contributed by atoms with Crippen LogP contribution in [0.4, 0.5) is 0 Å². The number of hydrogen-bond donors (Lipinski definition) is 1. The van der Waals surface area contributed by atoms with Crippen molar-refractivity contribution >= 4 is 11.8 Å². The van der Waals surface area contributed by atoms with E-state index in [1.54, 1.807) is 11.8 Å². The molecule has 0 aliphatic heterocycles. The summed E-state index contributed by atoms with van der Waals surface area (Å²) < 4.78 is 0. The molecular formula is C14H17N3S. The van der Waals surface area contributed by atoms with Crippen LogP contribution in [0.5, 0.6) is 0 Å². The average Bonchev–Trinajstić information content (AvgIpc) is 2.27. The van der Waals surface area contributed by atoms with Gasteiger partial charge in [0.1, 0.15) is 0 Å². The molecule has 0 atom stereocenters. The first kappa shape index (κ1) is 13.1. The number of aryl methyl sites for hydroxylation is 3. The highest BCUT2D eigenvalue weighted by atomic mass is 32.2. The van der Waals surface area contributed by atoms with Crippen molar-refractivity contribution in [3.63, 3.8) is 0 Å². The molecule has 0 saturated carbocycles. The average molecular weight is 259 g/mol. The molecule has 0 fully saturated rings. The molecule has 1 heterocycles. The van der Waals surface area contributed by atoms with E-state index < -0.39 is 0 Å². The lowest BCUT2D eigenvalue weighted by Gasteiger charge is -2.06. The summed E-state index contributed by atoms with van der Waals surface area (Å²) in [4.78, 5) is 10.0. The van der Waals surface area contributed by atoms with Crippen LogP contribution in [-0.2, 0) is 6.54 Å². The SMILES string of the molecule is Cc1cc(C)nc(Sc2ccc(CN)c(C)c2)n1.